The molecule has 8 heteroatoms. The Labute approximate surface area is 122 Å². The fourth-order valence-corrected chi connectivity index (χ4v) is 4.03. The largest absolute Gasteiger partial charge is 0.477 e. The first-order valence-corrected chi connectivity index (χ1v) is 8.15. The Kier molecular flexibility index (Phi) is 3.93. The van der Waals surface area contributed by atoms with E-state index in [0.29, 0.717) is 10.2 Å². The van der Waals surface area contributed by atoms with Crippen LogP contribution in [0.15, 0.2) is 45.1 Å². The highest BCUT2D eigenvalue weighted by Gasteiger charge is 2.19. The molecule has 0 fully saturated rings. The van der Waals surface area contributed by atoms with Crippen LogP contribution in [0.5, 0.6) is 0 Å². The van der Waals surface area contributed by atoms with Gasteiger partial charge in [0.2, 0.25) is 0 Å². The number of hydrogen-bond donors (Lipinski definition) is 2. The van der Waals surface area contributed by atoms with Crippen molar-refractivity contribution in [3.8, 4) is 0 Å². The summed E-state index contributed by atoms with van der Waals surface area (Å²) in [5.74, 6) is -1.15. The molecule has 0 aliphatic rings. The summed E-state index contributed by atoms with van der Waals surface area (Å²) in [6.45, 7) is 0. The summed E-state index contributed by atoms with van der Waals surface area (Å²) in [7, 11) is -3.78. The van der Waals surface area contributed by atoms with E-state index < -0.39 is 16.0 Å². The lowest BCUT2D eigenvalue weighted by molar-refractivity contribution is 0.0702. The van der Waals surface area contributed by atoms with E-state index in [4.69, 9.17) is 5.11 Å². The molecule has 0 aliphatic carbocycles. The number of thiophene rings is 1. The molecule has 0 saturated heterocycles. The molecule has 0 unspecified atom stereocenters. The molecule has 2 rings (SSSR count). The molecule has 5 nitrogen and oxygen atoms in total. The second-order valence-corrected chi connectivity index (χ2v) is 6.99. The van der Waals surface area contributed by atoms with Crippen molar-refractivity contribution >= 4 is 48.9 Å². The molecule has 0 atom stereocenters. The van der Waals surface area contributed by atoms with Gasteiger partial charge in [-0.3, -0.25) is 4.72 Å². The average Bonchev–Trinajstić information content (AvgIpc) is 2.82. The normalized spacial score (nSPS) is 11.2. The van der Waals surface area contributed by atoms with Crippen molar-refractivity contribution in [1.29, 1.82) is 0 Å². The SMILES string of the molecule is O=C(O)c1cc(S(=O)(=O)Nc2ccccc2Br)cs1. The van der Waals surface area contributed by atoms with E-state index >= 15 is 0 Å². The molecule has 0 aliphatic heterocycles. The predicted molar refractivity (Wildman–Crippen MR) is 76.2 cm³/mol. The van der Waals surface area contributed by atoms with E-state index in [9.17, 15) is 13.2 Å². The zero-order valence-electron chi connectivity index (χ0n) is 9.33. The lowest BCUT2D eigenvalue weighted by atomic mass is 10.3. The van der Waals surface area contributed by atoms with Gasteiger partial charge in [-0.2, -0.15) is 0 Å². The Bertz CT molecular complexity index is 724. The van der Waals surface area contributed by atoms with Gasteiger partial charge in [0, 0.05) is 9.85 Å². The van der Waals surface area contributed by atoms with Gasteiger partial charge in [-0.1, -0.05) is 12.1 Å². The van der Waals surface area contributed by atoms with Crippen LogP contribution < -0.4 is 4.72 Å². The Balaban J connectivity index is 2.32. The first kappa shape index (κ1) is 14.0. The number of sulfonamides is 1. The molecule has 1 heterocycles. The number of carbonyl (C=O) groups is 1. The number of carboxylic acids is 1. The van der Waals surface area contributed by atoms with Crippen LogP contribution in [0.2, 0.25) is 0 Å². The highest BCUT2D eigenvalue weighted by Crippen LogP contribution is 2.26. The first-order chi connectivity index (χ1) is 8.90. The van der Waals surface area contributed by atoms with E-state index in [1.54, 1.807) is 24.3 Å². The van der Waals surface area contributed by atoms with Gasteiger partial charge in [-0.15, -0.1) is 11.3 Å². The summed E-state index contributed by atoms with van der Waals surface area (Å²) in [6.07, 6.45) is 0. The van der Waals surface area contributed by atoms with Crippen LogP contribution in [0, 0.1) is 0 Å². The minimum atomic E-state index is -3.78. The highest BCUT2D eigenvalue weighted by atomic mass is 79.9. The fraction of sp³-hybridized carbons (Fsp3) is 0. The second kappa shape index (κ2) is 5.32. The maximum Gasteiger partial charge on any atom is 0.345 e. The number of para-hydroxylation sites is 1. The van der Waals surface area contributed by atoms with Gasteiger partial charge >= 0.3 is 5.97 Å². The van der Waals surface area contributed by atoms with Gasteiger partial charge in [0.05, 0.1) is 10.6 Å². The molecule has 2 N–H and O–H groups in total. The van der Waals surface area contributed by atoms with Gasteiger partial charge in [0.25, 0.3) is 10.0 Å². The number of nitrogens with one attached hydrogen (secondary N) is 1. The number of aromatic carboxylic acids is 1. The van der Waals surface area contributed by atoms with Crippen LogP contribution in [-0.2, 0) is 10.0 Å². The summed E-state index contributed by atoms with van der Waals surface area (Å²) >= 11 is 4.10. The van der Waals surface area contributed by atoms with Crippen molar-refractivity contribution in [2.75, 3.05) is 4.72 Å². The quantitative estimate of drug-likeness (QED) is 0.876. The molecule has 0 amide bonds. The number of rotatable bonds is 4. The average molecular weight is 362 g/mol. The Morgan fingerprint density at radius 1 is 1.32 bits per heavy atom. The van der Waals surface area contributed by atoms with E-state index in [-0.39, 0.29) is 9.77 Å². The number of benzene rings is 1. The van der Waals surface area contributed by atoms with Gasteiger partial charge in [-0.05, 0) is 34.1 Å². The number of halogens is 1. The third-order valence-electron chi connectivity index (χ3n) is 2.21. The van der Waals surface area contributed by atoms with Crippen molar-refractivity contribution in [3.05, 3.63) is 45.1 Å². The molecule has 19 heavy (non-hydrogen) atoms. The van der Waals surface area contributed by atoms with Crippen LogP contribution >= 0.6 is 27.3 Å². The molecule has 0 bridgehead atoms. The summed E-state index contributed by atoms with van der Waals surface area (Å²) in [4.78, 5) is 10.7. The molecule has 1 aromatic heterocycles. The summed E-state index contributed by atoms with van der Waals surface area (Å²) < 4.78 is 27.1. The van der Waals surface area contributed by atoms with Crippen molar-refractivity contribution in [2.45, 2.75) is 4.90 Å². The van der Waals surface area contributed by atoms with Gasteiger partial charge in [0.15, 0.2) is 0 Å². The van der Waals surface area contributed by atoms with Crippen molar-refractivity contribution in [2.24, 2.45) is 0 Å². The van der Waals surface area contributed by atoms with Gasteiger partial charge < -0.3 is 5.11 Å². The van der Waals surface area contributed by atoms with E-state index in [1.165, 1.54) is 5.38 Å². The Hall–Kier alpha value is -1.38. The zero-order valence-corrected chi connectivity index (χ0v) is 12.5. The van der Waals surface area contributed by atoms with Crippen molar-refractivity contribution < 1.29 is 18.3 Å². The summed E-state index contributed by atoms with van der Waals surface area (Å²) in [5, 5.41) is 10.1. The number of hydrogen-bond acceptors (Lipinski definition) is 4. The molecule has 100 valence electrons. The van der Waals surface area contributed by atoms with Crippen LogP contribution in [0.4, 0.5) is 5.69 Å². The maximum atomic E-state index is 12.1. The van der Waals surface area contributed by atoms with E-state index in [2.05, 4.69) is 20.7 Å². The molecule has 1 aromatic carbocycles. The Morgan fingerprint density at radius 3 is 2.58 bits per heavy atom. The third kappa shape index (κ3) is 3.14. The molecule has 0 saturated carbocycles. The zero-order chi connectivity index (χ0) is 14.0. The highest BCUT2D eigenvalue weighted by molar-refractivity contribution is 9.10. The topological polar surface area (TPSA) is 83.5 Å². The van der Waals surface area contributed by atoms with Crippen LogP contribution in [-0.4, -0.2) is 19.5 Å². The van der Waals surface area contributed by atoms with Crippen molar-refractivity contribution in [3.63, 3.8) is 0 Å². The standard InChI is InChI=1S/C11H8BrNO4S2/c12-8-3-1-2-4-9(8)13-19(16,17)7-5-10(11(14)15)18-6-7/h1-6,13H,(H,14,15). The summed E-state index contributed by atoms with van der Waals surface area (Å²) in [6, 6.07) is 7.89. The predicted octanol–water partition coefficient (Wildman–Crippen LogP) is 3.01. The summed E-state index contributed by atoms with van der Waals surface area (Å²) in [5.41, 5.74) is 0.394. The van der Waals surface area contributed by atoms with Gasteiger partial charge in [0.1, 0.15) is 4.88 Å². The minimum Gasteiger partial charge on any atom is -0.477 e. The van der Waals surface area contributed by atoms with Crippen LogP contribution in [0.1, 0.15) is 9.67 Å². The van der Waals surface area contributed by atoms with Gasteiger partial charge in [-0.25, -0.2) is 13.2 Å². The maximum absolute atomic E-state index is 12.1. The molecule has 2 aromatic rings. The van der Waals surface area contributed by atoms with E-state index in [1.807, 2.05) is 0 Å². The van der Waals surface area contributed by atoms with E-state index in [0.717, 1.165) is 17.4 Å². The number of anilines is 1. The lowest BCUT2D eigenvalue weighted by Crippen LogP contribution is -2.12. The minimum absolute atomic E-state index is 0.0208. The van der Waals surface area contributed by atoms with Crippen molar-refractivity contribution in [1.82, 2.24) is 0 Å². The molecule has 0 radical (unpaired) electrons. The third-order valence-corrected chi connectivity index (χ3v) is 5.32. The van der Waals surface area contributed by atoms with Crippen LogP contribution in [0.3, 0.4) is 0 Å². The fourth-order valence-electron chi connectivity index (χ4n) is 1.32. The monoisotopic (exact) mass is 361 g/mol. The smallest absolute Gasteiger partial charge is 0.345 e. The molecule has 0 spiro atoms. The molecular formula is C11H8BrNO4S2. The second-order valence-electron chi connectivity index (χ2n) is 3.54. The molecular weight excluding hydrogens is 354 g/mol. The van der Waals surface area contributed by atoms with Crippen LogP contribution in [0.25, 0.3) is 0 Å². The first-order valence-electron chi connectivity index (χ1n) is 4.99. The Morgan fingerprint density at radius 2 is 2.00 bits per heavy atom. The number of carboxylic acid groups (broad SMARTS) is 1. The lowest BCUT2D eigenvalue weighted by Gasteiger charge is -2.07.